The molecule has 2 heteroatoms. The van der Waals surface area contributed by atoms with E-state index in [0.717, 1.165) is 19.0 Å². The Hall–Kier alpha value is -0.860. The van der Waals surface area contributed by atoms with Crippen LogP contribution in [0.25, 0.3) is 0 Å². The number of aryl methyl sites for hydroxylation is 1. The first-order chi connectivity index (χ1) is 10.2. The van der Waals surface area contributed by atoms with Crippen LogP contribution in [0.2, 0.25) is 0 Å². The van der Waals surface area contributed by atoms with Crippen molar-refractivity contribution in [3.63, 3.8) is 0 Å². The molecule has 0 radical (unpaired) electrons. The van der Waals surface area contributed by atoms with Gasteiger partial charge in [-0.25, -0.2) is 0 Å². The Morgan fingerprint density at radius 1 is 1.24 bits per heavy atom. The van der Waals surface area contributed by atoms with Crippen molar-refractivity contribution in [2.45, 2.75) is 58.5 Å². The number of hydrogen-bond donors (Lipinski definition) is 1. The fourth-order valence-corrected chi connectivity index (χ4v) is 3.55. The first-order valence-corrected chi connectivity index (χ1v) is 8.67. The van der Waals surface area contributed by atoms with E-state index in [1.165, 1.54) is 49.8 Å². The summed E-state index contributed by atoms with van der Waals surface area (Å²) < 4.78 is 0. The molecule has 0 heterocycles. The highest BCUT2D eigenvalue weighted by atomic mass is 15.1. The van der Waals surface area contributed by atoms with Crippen LogP contribution in [0.1, 0.15) is 50.2 Å². The van der Waals surface area contributed by atoms with Crippen LogP contribution in [0, 0.1) is 12.8 Å². The van der Waals surface area contributed by atoms with Gasteiger partial charge in [0.2, 0.25) is 0 Å². The topological polar surface area (TPSA) is 15.3 Å². The van der Waals surface area contributed by atoms with Gasteiger partial charge in [0.25, 0.3) is 0 Å². The molecule has 0 aliphatic heterocycles. The monoisotopic (exact) mass is 288 g/mol. The smallest absolute Gasteiger partial charge is 0.0233 e. The van der Waals surface area contributed by atoms with E-state index in [0.29, 0.717) is 6.04 Å². The summed E-state index contributed by atoms with van der Waals surface area (Å²) in [5, 5.41) is 3.80. The summed E-state index contributed by atoms with van der Waals surface area (Å²) >= 11 is 0. The highest BCUT2D eigenvalue weighted by Gasteiger charge is 2.25. The van der Waals surface area contributed by atoms with Crippen LogP contribution >= 0.6 is 0 Å². The maximum absolute atomic E-state index is 3.80. The second kappa shape index (κ2) is 8.55. The van der Waals surface area contributed by atoms with Crippen molar-refractivity contribution in [3.8, 4) is 0 Å². The summed E-state index contributed by atoms with van der Waals surface area (Å²) in [6, 6.07) is 9.42. The molecule has 21 heavy (non-hydrogen) atoms. The van der Waals surface area contributed by atoms with Crippen LogP contribution in [0.4, 0.5) is 0 Å². The molecule has 2 nitrogen and oxygen atoms in total. The van der Waals surface area contributed by atoms with Crippen molar-refractivity contribution in [1.82, 2.24) is 10.2 Å². The van der Waals surface area contributed by atoms with Gasteiger partial charge in [0, 0.05) is 19.1 Å². The molecule has 1 fully saturated rings. The minimum absolute atomic E-state index is 0.668. The Morgan fingerprint density at radius 3 is 2.62 bits per heavy atom. The SMILES string of the molecule is CCCNC(CN(C)Cc1ccccc1C)C1CCCC1. The van der Waals surface area contributed by atoms with E-state index >= 15 is 0 Å². The molecule has 1 aromatic carbocycles. The second-order valence-electron chi connectivity index (χ2n) is 6.73. The van der Waals surface area contributed by atoms with Crippen LogP contribution in [0.3, 0.4) is 0 Å². The van der Waals surface area contributed by atoms with Crippen molar-refractivity contribution < 1.29 is 0 Å². The summed E-state index contributed by atoms with van der Waals surface area (Å²) in [6.45, 7) is 7.85. The molecule has 0 spiro atoms. The minimum Gasteiger partial charge on any atom is -0.312 e. The first kappa shape index (κ1) is 16.5. The van der Waals surface area contributed by atoms with Crippen LogP contribution in [0.15, 0.2) is 24.3 Å². The molecule has 2 rings (SSSR count). The quantitative estimate of drug-likeness (QED) is 0.778. The van der Waals surface area contributed by atoms with Gasteiger partial charge in [-0.3, -0.25) is 0 Å². The van der Waals surface area contributed by atoms with Crippen molar-refractivity contribution in [1.29, 1.82) is 0 Å². The summed E-state index contributed by atoms with van der Waals surface area (Å²) in [5.74, 6) is 0.885. The predicted octanol–water partition coefficient (Wildman–Crippen LogP) is 3.99. The summed E-state index contributed by atoms with van der Waals surface area (Å²) in [5.41, 5.74) is 2.86. The van der Waals surface area contributed by atoms with Gasteiger partial charge in [0.1, 0.15) is 0 Å². The summed E-state index contributed by atoms with van der Waals surface area (Å²) in [4.78, 5) is 2.49. The molecule has 1 aliphatic rings. The fourth-order valence-electron chi connectivity index (χ4n) is 3.55. The number of rotatable bonds is 8. The standard InChI is InChI=1S/C19H32N2/c1-4-13-20-19(17-10-7-8-11-17)15-21(3)14-18-12-6-5-9-16(18)2/h5-6,9,12,17,19-20H,4,7-8,10-11,13-15H2,1-3H3. The van der Waals surface area contributed by atoms with Gasteiger partial charge in [0.15, 0.2) is 0 Å². The Morgan fingerprint density at radius 2 is 1.95 bits per heavy atom. The van der Waals surface area contributed by atoms with Gasteiger partial charge in [-0.15, -0.1) is 0 Å². The van der Waals surface area contributed by atoms with Crippen molar-refractivity contribution in [2.75, 3.05) is 20.1 Å². The van der Waals surface area contributed by atoms with Crippen molar-refractivity contribution >= 4 is 0 Å². The Kier molecular flexibility index (Phi) is 6.72. The van der Waals surface area contributed by atoms with E-state index < -0.39 is 0 Å². The zero-order chi connectivity index (χ0) is 15.1. The molecule has 1 N–H and O–H groups in total. The second-order valence-corrected chi connectivity index (χ2v) is 6.73. The Labute approximate surface area is 130 Å². The molecule has 1 aliphatic carbocycles. The molecule has 0 saturated heterocycles. The maximum Gasteiger partial charge on any atom is 0.0233 e. The lowest BCUT2D eigenvalue weighted by molar-refractivity contribution is 0.235. The van der Waals surface area contributed by atoms with E-state index in [-0.39, 0.29) is 0 Å². The summed E-state index contributed by atoms with van der Waals surface area (Å²) in [6.07, 6.45) is 6.91. The molecule has 0 amide bonds. The molecule has 1 unspecified atom stereocenters. The molecule has 1 saturated carbocycles. The van der Waals surface area contributed by atoms with E-state index in [1.807, 2.05) is 0 Å². The third-order valence-electron chi connectivity index (χ3n) is 4.84. The number of likely N-dealkylation sites (N-methyl/N-ethyl adjacent to an activating group) is 1. The highest BCUT2D eigenvalue weighted by molar-refractivity contribution is 5.25. The van der Waals surface area contributed by atoms with Gasteiger partial charge in [-0.2, -0.15) is 0 Å². The highest BCUT2D eigenvalue weighted by Crippen LogP contribution is 2.28. The Balaban J connectivity index is 1.90. The molecule has 0 aromatic heterocycles. The minimum atomic E-state index is 0.668. The lowest BCUT2D eigenvalue weighted by Gasteiger charge is -2.30. The summed E-state index contributed by atoms with van der Waals surface area (Å²) in [7, 11) is 2.27. The van der Waals surface area contributed by atoms with E-state index in [9.17, 15) is 0 Å². The van der Waals surface area contributed by atoms with E-state index in [2.05, 4.69) is 55.4 Å². The molecule has 1 atom stereocenters. The molecule has 118 valence electrons. The van der Waals surface area contributed by atoms with Gasteiger partial charge in [0.05, 0.1) is 0 Å². The molecular weight excluding hydrogens is 256 g/mol. The zero-order valence-electron chi connectivity index (χ0n) is 14.1. The first-order valence-electron chi connectivity index (χ1n) is 8.67. The van der Waals surface area contributed by atoms with Gasteiger partial charge >= 0.3 is 0 Å². The maximum atomic E-state index is 3.80. The van der Waals surface area contributed by atoms with Crippen molar-refractivity contribution in [2.24, 2.45) is 5.92 Å². The van der Waals surface area contributed by atoms with Crippen molar-refractivity contribution in [3.05, 3.63) is 35.4 Å². The van der Waals surface area contributed by atoms with Gasteiger partial charge in [-0.05, 0) is 56.8 Å². The third kappa shape index (κ3) is 5.12. The molecule has 0 bridgehead atoms. The zero-order valence-corrected chi connectivity index (χ0v) is 14.1. The number of hydrogen-bond acceptors (Lipinski definition) is 2. The lowest BCUT2D eigenvalue weighted by atomic mass is 9.97. The van der Waals surface area contributed by atoms with E-state index in [4.69, 9.17) is 0 Å². The molecule has 1 aromatic rings. The Bertz CT molecular complexity index is 410. The largest absolute Gasteiger partial charge is 0.312 e. The predicted molar refractivity (Wildman–Crippen MR) is 91.6 cm³/mol. The van der Waals surface area contributed by atoms with Crippen LogP contribution < -0.4 is 5.32 Å². The average molecular weight is 288 g/mol. The van der Waals surface area contributed by atoms with Crippen LogP contribution in [-0.4, -0.2) is 31.1 Å². The number of nitrogens with one attached hydrogen (secondary N) is 1. The normalized spacial score (nSPS) is 17.5. The lowest BCUT2D eigenvalue weighted by Crippen LogP contribution is -2.44. The molecular formula is C19H32N2. The fraction of sp³-hybridized carbons (Fsp3) is 0.684. The van der Waals surface area contributed by atoms with Crippen LogP contribution in [0.5, 0.6) is 0 Å². The number of nitrogens with zero attached hydrogens (tertiary/aromatic N) is 1. The van der Waals surface area contributed by atoms with Gasteiger partial charge in [-0.1, -0.05) is 44.0 Å². The van der Waals surface area contributed by atoms with Gasteiger partial charge < -0.3 is 10.2 Å². The number of benzene rings is 1. The average Bonchev–Trinajstić information content (AvgIpc) is 3.00. The van der Waals surface area contributed by atoms with E-state index in [1.54, 1.807) is 0 Å². The van der Waals surface area contributed by atoms with Crippen LogP contribution in [-0.2, 0) is 6.54 Å². The third-order valence-corrected chi connectivity index (χ3v) is 4.84.